The van der Waals surface area contributed by atoms with Crippen molar-refractivity contribution in [3.8, 4) is 0 Å². The minimum absolute atomic E-state index is 0.133. The van der Waals surface area contributed by atoms with E-state index in [4.69, 9.17) is 4.74 Å². The molecule has 0 spiro atoms. The van der Waals surface area contributed by atoms with Crippen molar-refractivity contribution in [3.05, 3.63) is 70.8 Å². The van der Waals surface area contributed by atoms with Crippen LogP contribution in [0.15, 0.2) is 48.5 Å². The molecule has 1 unspecified atom stereocenters. The van der Waals surface area contributed by atoms with Gasteiger partial charge in [-0.2, -0.15) is 26.3 Å². The van der Waals surface area contributed by atoms with E-state index >= 15 is 0 Å². The van der Waals surface area contributed by atoms with E-state index in [1.54, 1.807) is 0 Å². The monoisotopic (exact) mass is 415 g/mol. The minimum Gasteiger partial charge on any atom is -0.371 e. The van der Waals surface area contributed by atoms with Gasteiger partial charge in [-0.05, 0) is 54.6 Å². The number of fused-ring (bicyclic) bond motifs is 2. The molecule has 156 valence electrons. The van der Waals surface area contributed by atoms with Crippen LogP contribution < -0.4 is 5.32 Å². The SMILES string of the molecule is FC(F)(F)c1cc(CO[C@H]2C[C@H]3CNC2(c2ccccc2)C3)cc(C(F)(F)F)c1. The fraction of sp³-hybridized carbons (Fsp3) is 0.429. The summed E-state index contributed by atoms with van der Waals surface area (Å²) in [7, 11) is 0. The number of hydrogen-bond donors (Lipinski definition) is 1. The molecule has 2 nitrogen and oxygen atoms in total. The van der Waals surface area contributed by atoms with Crippen LogP contribution in [-0.4, -0.2) is 12.6 Å². The van der Waals surface area contributed by atoms with Crippen molar-refractivity contribution in [3.63, 3.8) is 0 Å². The van der Waals surface area contributed by atoms with Crippen LogP contribution in [0.25, 0.3) is 0 Å². The summed E-state index contributed by atoms with van der Waals surface area (Å²) in [5.41, 5.74) is -2.23. The second-order valence-electron chi connectivity index (χ2n) is 7.74. The molecule has 1 N–H and O–H groups in total. The van der Waals surface area contributed by atoms with Crippen LogP contribution in [-0.2, 0) is 29.2 Å². The first-order valence-electron chi connectivity index (χ1n) is 9.28. The van der Waals surface area contributed by atoms with E-state index in [2.05, 4.69) is 5.32 Å². The summed E-state index contributed by atoms with van der Waals surface area (Å²) in [6.07, 6.45) is -8.51. The van der Waals surface area contributed by atoms with Crippen molar-refractivity contribution in [2.45, 2.75) is 43.4 Å². The second kappa shape index (κ2) is 7.02. The summed E-state index contributed by atoms with van der Waals surface area (Å²) >= 11 is 0. The molecule has 1 saturated heterocycles. The summed E-state index contributed by atoms with van der Waals surface area (Å²) in [6.45, 7) is 0.497. The standard InChI is InChI=1S/C21H19F6NO/c22-20(23,24)16-6-13(7-17(9-16)21(25,26)27)12-29-18-8-14-10-19(18,28-11-14)15-4-2-1-3-5-15/h1-7,9,14,18,28H,8,10-12H2/t14-,18+,19?/m1/s1. The Morgan fingerprint density at radius 3 is 2.10 bits per heavy atom. The highest BCUT2D eigenvalue weighted by Crippen LogP contribution is 2.48. The topological polar surface area (TPSA) is 21.3 Å². The third kappa shape index (κ3) is 3.88. The maximum atomic E-state index is 13.1. The van der Waals surface area contributed by atoms with Crippen LogP contribution in [0, 0.1) is 5.92 Å². The predicted molar refractivity (Wildman–Crippen MR) is 93.9 cm³/mol. The zero-order valence-corrected chi connectivity index (χ0v) is 15.3. The molecular formula is C21H19F6NO. The molecule has 2 bridgehead atoms. The van der Waals surface area contributed by atoms with Crippen molar-refractivity contribution >= 4 is 0 Å². The van der Waals surface area contributed by atoms with Gasteiger partial charge in [-0.25, -0.2) is 0 Å². The summed E-state index contributed by atoms with van der Waals surface area (Å²) in [5, 5.41) is 3.46. The largest absolute Gasteiger partial charge is 0.416 e. The Balaban J connectivity index is 1.59. The first-order valence-corrected chi connectivity index (χ1v) is 9.28. The van der Waals surface area contributed by atoms with Crippen molar-refractivity contribution in [1.82, 2.24) is 5.32 Å². The van der Waals surface area contributed by atoms with Crippen LogP contribution in [0.2, 0.25) is 0 Å². The Labute approximate surface area is 163 Å². The summed E-state index contributed by atoms with van der Waals surface area (Å²) in [6, 6.07) is 11.2. The maximum Gasteiger partial charge on any atom is 0.416 e. The van der Waals surface area contributed by atoms with Gasteiger partial charge >= 0.3 is 12.4 Å². The lowest BCUT2D eigenvalue weighted by molar-refractivity contribution is -0.143. The zero-order chi connectivity index (χ0) is 20.9. The quantitative estimate of drug-likeness (QED) is 0.665. The molecule has 3 atom stereocenters. The fourth-order valence-electron chi connectivity index (χ4n) is 4.49. The van der Waals surface area contributed by atoms with Gasteiger partial charge in [0.1, 0.15) is 0 Å². The van der Waals surface area contributed by atoms with Gasteiger partial charge in [-0.3, -0.25) is 0 Å². The zero-order valence-electron chi connectivity index (χ0n) is 15.3. The predicted octanol–water partition coefficient (Wildman–Crippen LogP) is 5.52. The molecule has 1 saturated carbocycles. The van der Waals surface area contributed by atoms with E-state index < -0.39 is 29.0 Å². The lowest BCUT2D eigenvalue weighted by atomic mass is 9.87. The Morgan fingerprint density at radius 2 is 1.55 bits per heavy atom. The van der Waals surface area contributed by atoms with Crippen LogP contribution >= 0.6 is 0 Å². The van der Waals surface area contributed by atoms with Gasteiger partial charge in [-0.15, -0.1) is 0 Å². The molecular weight excluding hydrogens is 396 g/mol. The highest BCUT2D eigenvalue weighted by Gasteiger charge is 2.53. The van der Waals surface area contributed by atoms with Crippen LogP contribution in [0.5, 0.6) is 0 Å². The fourth-order valence-corrected chi connectivity index (χ4v) is 4.49. The Bertz CT molecular complexity index is 847. The third-order valence-corrected chi connectivity index (χ3v) is 5.80. The van der Waals surface area contributed by atoms with Crippen LogP contribution in [0.3, 0.4) is 0 Å². The molecule has 8 heteroatoms. The maximum absolute atomic E-state index is 13.1. The van der Waals surface area contributed by atoms with Gasteiger partial charge in [-0.1, -0.05) is 30.3 Å². The number of nitrogens with one attached hydrogen (secondary N) is 1. The van der Waals surface area contributed by atoms with Gasteiger partial charge in [0, 0.05) is 0 Å². The number of ether oxygens (including phenoxy) is 1. The molecule has 0 radical (unpaired) electrons. The van der Waals surface area contributed by atoms with Gasteiger partial charge in [0.2, 0.25) is 0 Å². The smallest absolute Gasteiger partial charge is 0.371 e. The summed E-state index contributed by atoms with van der Waals surface area (Å²) in [4.78, 5) is 0. The number of hydrogen-bond acceptors (Lipinski definition) is 2. The van der Waals surface area contributed by atoms with Gasteiger partial charge < -0.3 is 10.1 Å². The van der Waals surface area contributed by atoms with E-state index in [1.807, 2.05) is 30.3 Å². The van der Waals surface area contributed by atoms with Crippen molar-refractivity contribution in [2.75, 3.05) is 6.54 Å². The average Bonchev–Trinajstić information content (AvgIpc) is 3.25. The van der Waals surface area contributed by atoms with Gasteiger partial charge in [0.15, 0.2) is 0 Å². The number of rotatable bonds is 4. The molecule has 1 aliphatic heterocycles. The van der Waals surface area contributed by atoms with E-state index in [1.165, 1.54) is 0 Å². The molecule has 1 heterocycles. The number of benzene rings is 2. The molecule has 29 heavy (non-hydrogen) atoms. The molecule has 2 aromatic rings. The minimum atomic E-state index is -4.87. The molecule has 0 amide bonds. The van der Waals surface area contributed by atoms with Crippen LogP contribution in [0.4, 0.5) is 26.3 Å². The van der Waals surface area contributed by atoms with E-state index in [9.17, 15) is 26.3 Å². The first kappa shape index (κ1) is 20.2. The van der Waals surface area contributed by atoms with Crippen LogP contribution in [0.1, 0.15) is 35.1 Å². The lowest BCUT2D eigenvalue weighted by Crippen LogP contribution is -2.49. The average molecular weight is 415 g/mol. The summed E-state index contributed by atoms with van der Waals surface area (Å²) in [5.74, 6) is 0.368. The van der Waals surface area contributed by atoms with Gasteiger partial charge in [0.25, 0.3) is 0 Å². The lowest BCUT2D eigenvalue weighted by Gasteiger charge is -2.36. The molecule has 1 aliphatic carbocycles. The summed E-state index contributed by atoms with van der Waals surface area (Å²) < 4.78 is 84.3. The Morgan fingerprint density at radius 1 is 0.931 bits per heavy atom. The first-order chi connectivity index (χ1) is 13.6. The molecule has 4 rings (SSSR count). The number of piperidine rings is 1. The molecule has 2 aromatic carbocycles. The van der Waals surface area contributed by atoms with E-state index in [0.717, 1.165) is 30.7 Å². The van der Waals surface area contributed by atoms with E-state index in [-0.39, 0.29) is 24.3 Å². The Kier molecular flexibility index (Phi) is 4.90. The molecule has 2 fully saturated rings. The Hall–Kier alpha value is -2.06. The normalized spacial score (nSPS) is 26.8. The molecule has 0 aromatic heterocycles. The van der Waals surface area contributed by atoms with Crippen molar-refractivity contribution in [2.24, 2.45) is 5.92 Å². The highest BCUT2D eigenvalue weighted by molar-refractivity contribution is 5.34. The highest BCUT2D eigenvalue weighted by atomic mass is 19.4. The third-order valence-electron chi connectivity index (χ3n) is 5.80. The molecule has 2 aliphatic rings. The van der Waals surface area contributed by atoms with Crippen molar-refractivity contribution in [1.29, 1.82) is 0 Å². The number of alkyl halides is 6. The van der Waals surface area contributed by atoms with Gasteiger partial charge in [0.05, 0.1) is 29.4 Å². The number of halogens is 6. The van der Waals surface area contributed by atoms with E-state index in [0.29, 0.717) is 12.3 Å². The van der Waals surface area contributed by atoms with Crippen molar-refractivity contribution < 1.29 is 31.1 Å². The second-order valence-corrected chi connectivity index (χ2v) is 7.74.